The minimum atomic E-state index is -4.52. The fraction of sp³-hybridized carbons (Fsp3) is 0.0833. The highest BCUT2D eigenvalue weighted by Crippen LogP contribution is 2.34. The van der Waals surface area contributed by atoms with Gasteiger partial charge in [-0.05, 0) is 40.2 Å². The summed E-state index contributed by atoms with van der Waals surface area (Å²) in [5.41, 5.74) is -1.57. The average Bonchev–Trinajstić information content (AvgIpc) is 2.40. The molecule has 0 atom stereocenters. The minimum absolute atomic E-state index is 0.0529. The second-order valence-electron chi connectivity index (χ2n) is 3.95. The maximum absolute atomic E-state index is 12.6. The molecule has 0 aliphatic rings. The SMILES string of the molecule is O=C(Nc1cc(C(F)(F)F)ccc1Br)c1ccc(=O)[nH]n1. The van der Waals surface area contributed by atoms with Crippen LogP contribution in [-0.2, 0) is 6.18 Å². The van der Waals surface area contributed by atoms with Crippen LogP contribution >= 0.6 is 15.9 Å². The highest BCUT2D eigenvalue weighted by Gasteiger charge is 2.31. The van der Waals surface area contributed by atoms with Crippen molar-refractivity contribution < 1.29 is 18.0 Å². The zero-order valence-corrected chi connectivity index (χ0v) is 11.7. The Morgan fingerprint density at radius 1 is 1.24 bits per heavy atom. The van der Waals surface area contributed by atoms with E-state index < -0.39 is 23.2 Å². The molecule has 2 rings (SSSR count). The van der Waals surface area contributed by atoms with Crippen molar-refractivity contribution in [2.75, 3.05) is 5.32 Å². The van der Waals surface area contributed by atoms with Gasteiger partial charge in [-0.15, -0.1) is 0 Å². The Bertz CT molecular complexity index is 723. The molecule has 0 aliphatic carbocycles. The number of carbonyl (C=O) groups excluding carboxylic acids is 1. The second kappa shape index (κ2) is 5.68. The van der Waals surface area contributed by atoms with E-state index >= 15 is 0 Å². The summed E-state index contributed by atoms with van der Waals surface area (Å²) in [6.07, 6.45) is -4.52. The summed E-state index contributed by atoms with van der Waals surface area (Å²) >= 11 is 3.05. The standard InChI is InChI=1S/C12H7BrF3N3O2/c13-7-2-1-6(12(14,15)16)5-9(7)17-11(21)8-3-4-10(20)19-18-8/h1-5H,(H,17,21)(H,19,20). The number of rotatable bonds is 2. The van der Waals surface area contributed by atoms with Gasteiger partial charge in [0, 0.05) is 10.5 Å². The lowest BCUT2D eigenvalue weighted by atomic mass is 10.2. The first kappa shape index (κ1) is 15.2. The number of alkyl halides is 3. The monoisotopic (exact) mass is 361 g/mol. The van der Waals surface area contributed by atoms with Gasteiger partial charge in [0.1, 0.15) is 5.69 Å². The molecule has 0 fully saturated rings. The topological polar surface area (TPSA) is 74.8 Å². The first-order valence-corrected chi connectivity index (χ1v) is 6.30. The Balaban J connectivity index is 2.28. The molecular formula is C12H7BrF3N3O2. The van der Waals surface area contributed by atoms with Gasteiger partial charge in [0.05, 0.1) is 11.3 Å². The van der Waals surface area contributed by atoms with Gasteiger partial charge in [-0.1, -0.05) is 0 Å². The molecule has 1 heterocycles. The molecule has 5 nitrogen and oxygen atoms in total. The number of amides is 1. The molecule has 2 N–H and O–H groups in total. The number of hydrogen-bond donors (Lipinski definition) is 2. The van der Waals surface area contributed by atoms with Crippen molar-refractivity contribution in [2.24, 2.45) is 0 Å². The van der Waals surface area contributed by atoms with E-state index in [2.05, 4.69) is 31.4 Å². The molecule has 2 aromatic rings. The van der Waals surface area contributed by atoms with E-state index in [1.807, 2.05) is 0 Å². The van der Waals surface area contributed by atoms with E-state index in [-0.39, 0.29) is 15.9 Å². The quantitative estimate of drug-likeness (QED) is 0.863. The molecule has 9 heteroatoms. The summed E-state index contributed by atoms with van der Waals surface area (Å²) in [5, 5.41) is 7.83. The van der Waals surface area contributed by atoms with Crippen molar-refractivity contribution in [3.8, 4) is 0 Å². The fourth-order valence-electron chi connectivity index (χ4n) is 1.45. The number of anilines is 1. The number of nitrogens with zero attached hydrogens (tertiary/aromatic N) is 1. The fourth-order valence-corrected chi connectivity index (χ4v) is 1.80. The number of halogens is 4. The molecule has 0 spiro atoms. The van der Waals surface area contributed by atoms with Gasteiger partial charge in [0.2, 0.25) is 0 Å². The third-order valence-electron chi connectivity index (χ3n) is 2.45. The van der Waals surface area contributed by atoms with Gasteiger partial charge in [0.25, 0.3) is 11.5 Å². The molecule has 1 aromatic heterocycles. The first-order valence-electron chi connectivity index (χ1n) is 5.51. The highest BCUT2D eigenvalue weighted by atomic mass is 79.9. The lowest BCUT2D eigenvalue weighted by Crippen LogP contribution is -2.18. The summed E-state index contributed by atoms with van der Waals surface area (Å²) in [6, 6.07) is 5.11. The maximum atomic E-state index is 12.6. The number of nitrogens with one attached hydrogen (secondary N) is 2. The van der Waals surface area contributed by atoms with E-state index in [1.54, 1.807) is 0 Å². The molecule has 0 radical (unpaired) electrons. The van der Waals surface area contributed by atoms with Crippen molar-refractivity contribution >= 4 is 27.5 Å². The van der Waals surface area contributed by atoms with Crippen molar-refractivity contribution in [3.05, 3.63) is 56.4 Å². The number of hydrogen-bond acceptors (Lipinski definition) is 3. The molecule has 21 heavy (non-hydrogen) atoms. The average molecular weight is 362 g/mol. The number of carbonyl (C=O) groups is 1. The molecule has 0 saturated heterocycles. The van der Waals surface area contributed by atoms with Gasteiger partial charge in [-0.3, -0.25) is 9.59 Å². The Labute approximate surface area is 124 Å². The Kier molecular flexibility index (Phi) is 4.12. The summed E-state index contributed by atoms with van der Waals surface area (Å²) in [4.78, 5) is 22.7. The Morgan fingerprint density at radius 3 is 2.52 bits per heavy atom. The van der Waals surface area contributed by atoms with Crippen LogP contribution in [0, 0.1) is 0 Å². The van der Waals surface area contributed by atoms with E-state index in [1.165, 1.54) is 6.07 Å². The third kappa shape index (κ3) is 3.69. The molecule has 1 amide bonds. The largest absolute Gasteiger partial charge is 0.416 e. The summed E-state index contributed by atoms with van der Waals surface area (Å²) in [5.74, 6) is -0.744. The van der Waals surface area contributed by atoms with Gasteiger partial charge >= 0.3 is 6.18 Å². The summed E-state index contributed by atoms with van der Waals surface area (Å²) < 4.78 is 38.2. The van der Waals surface area contributed by atoms with Crippen LogP contribution in [0.4, 0.5) is 18.9 Å². The highest BCUT2D eigenvalue weighted by molar-refractivity contribution is 9.10. The van der Waals surface area contributed by atoms with Gasteiger partial charge < -0.3 is 5.32 Å². The van der Waals surface area contributed by atoms with Crippen LogP contribution in [0.1, 0.15) is 16.1 Å². The summed E-state index contributed by atoms with van der Waals surface area (Å²) in [6.45, 7) is 0. The minimum Gasteiger partial charge on any atom is -0.320 e. The molecule has 0 saturated carbocycles. The zero-order valence-electron chi connectivity index (χ0n) is 10.2. The molecule has 1 aromatic carbocycles. The summed E-state index contributed by atoms with van der Waals surface area (Å²) in [7, 11) is 0. The Morgan fingerprint density at radius 2 is 1.95 bits per heavy atom. The number of H-pyrrole nitrogens is 1. The van der Waals surface area contributed by atoms with Crippen molar-refractivity contribution in [3.63, 3.8) is 0 Å². The van der Waals surface area contributed by atoms with Crippen LogP contribution in [-0.4, -0.2) is 16.1 Å². The molecule has 0 bridgehead atoms. The number of aromatic amines is 1. The molecule has 0 aliphatic heterocycles. The number of aromatic nitrogens is 2. The lowest BCUT2D eigenvalue weighted by Gasteiger charge is -2.11. The van der Waals surface area contributed by atoms with Crippen LogP contribution in [0.2, 0.25) is 0 Å². The molecular weight excluding hydrogens is 355 g/mol. The van der Waals surface area contributed by atoms with E-state index in [0.29, 0.717) is 0 Å². The molecule has 110 valence electrons. The van der Waals surface area contributed by atoms with Crippen LogP contribution in [0.25, 0.3) is 0 Å². The van der Waals surface area contributed by atoms with Gasteiger partial charge in [0.15, 0.2) is 0 Å². The Hall–Kier alpha value is -2.16. The van der Waals surface area contributed by atoms with E-state index in [4.69, 9.17) is 0 Å². The number of benzene rings is 1. The van der Waals surface area contributed by atoms with Gasteiger partial charge in [-0.2, -0.15) is 18.3 Å². The lowest BCUT2D eigenvalue weighted by molar-refractivity contribution is -0.137. The normalized spacial score (nSPS) is 11.2. The van der Waals surface area contributed by atoms with E-state index in [0.717, 1.165) is 24.3 Å². The smallest absolute Gasteiger partial charge is 0.320 e. The molecule has 0 unspecified atom stereocenters. The van der Waals surface area contributed by atoms with Crippen LogP contribution in [0.15, 0.2) is 39.6 Å². The van der Waals surface area contributed by atoms with Crippen LogP contribution in [0.3, 0.4) is 0 Å². The van der Waals surface area contributed by atoms with Crippen molar-refractivity contribution in [1.29, 1.82) is 0 Å². The predicted molar refractivity (Wildman–Crippen MR) is 72.0 cm³/mol. The first-order chi connectivity index (χ1) is 9.77. The maximum Gasteiger partial charge on any atom is 0.416 e. The van der Waals surface area contributed by atoms with Crippen molar-refractivity contribution in [1.82, 2.24) is 10.2 Å². The van der Waals surface area contributed by atoms with Crippen LogP contribution < -0.4 is 10.9 Å². The van der Waals surface area contributed by atoms with Crippen LogP contribution in [0.5, 0.6) is 0 Å². The van der Waals surface area contributed by atoms with E-state index in [9.17, 15) is 22.8 Å². The van der Waals surface area contributed by atoms with Gasteiger partial charge in [-0.25, -0.2) is 5.10 Å². The predicted octanol–water partition coefficient (Wildman–Crippen LogP) is 2.80. The zero-order chi connectivity index (χ0) is 15.6. The second-order valence-corrected chi connectivity index (χ2v) is 4.81. The third-order valence-corrected chi connectivity index (χ3v) is 3.15. The van der Waals surface area contributed by atoms with Crippen molar-refractivity contribution in [2.45, 2.75) is 6.18 Å².